The Morgan fingerprint density at radius 2 is 2.07 bits per heavy atom. The predicted molar refractivity (Wildman–Crippen MR) is 57.5 cm³/mol. The van der Waals surface area contributed by atoms with Gasteiger partial charge in [-0.15, -0.1) is 0 Å². The molecule has 84 valence electrons. The molecule has 1 atom stereocenters. The van der Waals surface area contributed by atoms with E-state index in [2.05, 4.69) is 18.9 Å². The molecule has 1 aliphatic rings. The number of fused-ring (bicyclic) bond motifs is 1. The first-order chi connectivity index (χ1) is 7.00. The molecule has 4 heteroatoms. The van der Waals surface area contributed by atoms with Gasteiger partial charge in [-0.2, -0.15) is 5.10 Å². The van der Waals surface area contributed by atoms with E-state index in [4.69, 9.17) is 0 Å². The number of nitrogens with zero attached hydrogens (tertiary/aromatic N) is 3. The summed E-state index contributed by atoms with van der Waals surface area (Å²) in [6, 6.07) is 0. The molecule has 2 rings (SSSR count). The molecule has 0 saturated carbocycles. The van der Waals surface area contributed by atoms with Crippen molar-refractivity contribution in [1.29, 1.82) is 0 Å². The minimum absolute atomic E-state index is 0.327. The van der Waals surface area contributed by atoms with E-state index in [9.17, 15) is 4.39 Å². The molecule has 0 radical (unpaired) electrons. The Hall–Kier alpha value is -0.900. The van der Waals surface area contributed by atoms with Crippen LogP contribution in [0.2, 0.25) is 0 Å². The molecule has 0 N–H and O–H groups in total. The highest BCUT2D eigenvalue weighted by molar-refractivity contribution is 5.33. The van der Waals surface area contributed by atoms with Crippen molar-refractivity contribution in [2.45, 2.75) is 32.5 Å². The van der Waals surface area contributed by atoms with Crippen LogP contribution in [0.4, 0.5) is 4.39 Å². The van der Waals surface area contributed by atoms with Gasteiger partial charge in [-0.1, -0.05) is 13.8 Å². The fourth-order valence-corrected chi connectivity index (χ4v) is 2.44. The second kappa shape index (κ2) is 3.59. The molecule has 0 bridgehead atoms. The molecule has 0 aromatic carbocycles. The number of hydrogen-bond acceptors (Lipinski definition) is 2. The van der Waals surface area contributed by atoms with Crippen molar-refractivity contribution in [3.63, 3.8) is 0 Å². The fourth-order valence-electron chi connectivity index (χ4n) is 2.44. The normalized spacial score (nSPS) is 22.1. The first-order valence-corrected chi connectivity index (χ1v) is 5.39. The second-order valence-electron chi connectivity index (χ2n) is 4.69. The monoisotopic (exact) mass is 211 g/mol. The summed E-state index contributed by atoms with van der Waals surface area (Å²) < 4.78 is 15.8. The standard InChI is InChI=1S/C11H18FN3/c1-7(2)11-10-8(12)5-14(3)6-9(10)13-15(11)4/h7-8H,5-6H2,1-4H3. The van der Waals surface area contributed by atoms with Crippen molar-refractivity contribution in [2.24, 2.45) is 7.05 Å². The zero-order chi connectivity index (χ0) is 11.2. The maximum absolute atomic E-state index is 14.0. The highest BCUT2D eigenvalue weighted by atomic mass is 19.1. The molecule has 1 unspecified atom stereocenters. The number of alkyl halides is 1. The van der Waals surface area contributed by atoms with Crippen molar-refractivity contribution in [1.82, 2.24) is 14.7 Å². The molecule has 0 fully saturated rings. The Kier molecular flexibility index (Phi) is 2.54. The average molecular weight is 211 g/mol. The van der Waals surface area contributed by atoms with Crippen LogP contribution in [0.1, 0.15) is 42.9 Å². The van der Waals surface area contributed by atoms with Crippen molar-refractivity contribution >= 4 is 0 Å². The van der Waals surface area contributed by atoms with Gasteiger partial charge in [0.1, 0.15) is 6.17 Å². The molecule has 3 nitrogen and oxygen atoms in total. The number of halogens is 1. The van der Waals surface area contributed by atoms with Crippen LogP contribution in [0.25, 0.3) is 0 Å². The second-order valence-corrected chi connectivity index (χ2v) is 4.69. The number of rotatable bonds is 1. The van der Waals surface area contributed by atoms with Crippen LogP contribution in [-0.2, 0) is 13.6 Å². The molecular formula is C11H18FN3. The lowest BCUT2D eigenvalue weighted by Gasteiger charge is -2.25. The predicted octanol–water partition coefficient (Wildman–Crippen LogP) is 2.00. The van der Waals surface area contributed by atoms with Gasteiger partial charge in [0, 0.05) is 31.4 Å². The average Bonchev–Trinajstić information content (AvgIpc) is 2.40. The van der Waals surface area contributed by atoms with Gasteiger partial charge >= 0.3 is 0 Å². The van der Waals surface area contributed by atoms with Crippen LogP contribution in [-0.4, -0.2) is 28.3 Å². The summed E-state index contributed by atoms with van der Waals surface area (Å²) in [5.41, 5.74) is 2.79. The molecule has 0 amide bonds. The third-order valence-corrected chi connectivity index (χ3v) is 2.96. The Morgan fingerprint density at radius 3 is 2.67 bits per heavy atom. The highest BCUT2D eigenvalue weighted by Gasteiger charge is 2.30. The van der Waals surface area contributed by atoms with Gasteiger partial charge in [0.05, 0.1) is 5.69 Å². The van der Waals surface area contributed by atoms with Crippen LogP contribution >= 0.6 is 0 Å². The van der Waals surface area contributed by atoms with E-state index >= 15 is 0 Å². The summed E-state index contributed by atoms with van der Waals surface area (Å²) in [5, 5.41) is 4.41. The summed E-state index contributed by atoms with van der Waals surface area (Å²) in [6.07, 6.45) is -0.884. The van der Waals surface area contributed by atoms with Crippen LogP contribution < -0.4 is 0 Å². The first-order valence-electron chi connectivity index (χ1n) is 5.39. The highest BCUT2D eigenvalue weighted by Crippen LogP contribution is 2.34. The maximum atomic E-state index is 14.0. The zero-order valence-corrected chi connectivity index (χ0v) is 9.79. The summed E-state index contributed by atoms with van der Waals surface area (Å²) >= 11 is 0. The van der Waals surface area contributed by atoms with Crippen LogP contribution in [0.3, 0.4) is 0 Å². The summed E-state index contributed by atoms with van der Waals surface area (Å²) in [6.45, 7) is 5.42. The lowest BCUT2D eigenvalue weighted by molar-refractivity contribution is 0.192. The summed E-state index contributed by atoms with van der Waals surface area (Å²) in [7, 11) is 3.83. The number of aryl methyl sites for hydroxylation is 1. The third kappa shape index (κ3) is 1.67. The summed E-state index contributed by atoms with van der Waals surface area (Å²) in [4.78, 5) is 1.98. The number of aromatic nitrogens is 2. The van der Waals surface area contributed by atoms with E-state index in [1.165, 1.54) is 0 Å². The van der Waals surface area contributed by atoms with Crippen molar-refractivity contribution in [3.8, 4) is 0 Å². The fraction of sp³-hybridized carbons (Fsp3) is 0.727. The molecule has 15 heavy (non-hydrogen) atoms. The van der Waals surface area contributed by atoms with E-state index in [1.54, 1.807) is 0 Å². The molecule has 0 aliphatic carbocycles. The molecule has 0 spiro atoms. The maximum Gasteiger partial charge on any atom is 0.141 e. The lowest BCUT2D eigenvalue weighted by atomic mass is 9.97. The smallest absolute Gasteiger partial charge is 0.141 e. The molecule has 1 aromatic rings. The minimum atomic E-state index is -0.884. The zero-order valence-electron chi connectivity index (χ0n) is 9.79. The van der Waals surface area contributed by atoms with Gasteiger partial charge in [0.15, 0.2) is 0 Å². The van der Waals surface area contributed by atoms with Gasteiger partial charge in [-0.3, -0.25) is 9.58 Å². The Morgan fingerprint density at radius 1 is 1.40 bits per heavy atom. The van der Waals surface area contributed by atoms with E-state index in [0.29, 0.717) is 12.5 Å². The van der Waals surface area contributed by atoms with Gasteiger partial charge in [-0.25, -0.2) is 4.39 Å². The van der Waals surface area contributed by atoms with Gasteiger partial charge in [-0.05, 0) is 13.0 Å². The minimum Gasteiger partial charge on any atom is -0.297 e. The van der Waals surface area contributed by atoms with Crippen molar-refractivity contribution < 1.29 is 4.39 Å². The Balaban J connectivity index is 2.51. The van der Waals surface area contributed by atoms with E-state index in [-0.39, 0.29) is 0 Å². The Bertz CT molecular complexity index is 370. The molecule has 1 aliphatic heterocycles. The van der Waals surface area contributed by atoms with Gasteiger partial charge in [0.25, 0.3) is 0 Å². The van der Waals surface area contributed by atoms with Crippen LogP contribution in [0.15, 0.2) is 0 Å². The van der Waals surface area contributed by atoms with Gasteiger partial charge in [0.2, 0.25) is 0 Å². The third-order valence-electron chi connectivity index (χ3n) is 2.96. The quantitative estimate of drug-likeness (QED) is 0.708. The van der Waals surface area contributed by atoms with E-state index < -0.39 is 6.17 Å². The van der Waals surface area contributed by atoms with Crippen molar-refractivity contribution in [2.75, 3.05) is 13.6 Å². The largest absolute Gasteiger partial charge is 0.297 e. The van der Waals surface area contributed by atoms with Gasteiger partial charge < -0.3 is 0 Å². The topological polar surface area (TPSA) is 21.1 Å². The SMILES string of the molecule is CC(C)c1c2c(nn1C)CN(C)CC2F. The number of likely N-dealkylation sites (N-methyl/N-ethyl adjacent to an activating group) is 1. The van der Waals surface area contributed by atoms with Crippen LogP contribution in [0, 0.1) is 0 Å². The van der Waals surface area contributed by atoms with Crippen LogP contribution in [0.5, 0.6) is 0 Å². The van der Waals surface area contributed by atoms with E-state index in [0.717, 1.165) is 23.5 Å². The molecule has 0 saturated heterocycles. The van der Waals surface area contributed by atoms with Crippen molar-refractivity contribution in [3.05, 3.63) is 17.0 Å². The molecule has 1 aromatic heterocycles. The number of hydrogen-bond donors (Lipinski definition) is 0. The molecular weight excluding hydrogens is 193 g/mol. The lowest BCUT2D eigenvalue weighted by Crippen LogP contribution is -2.28. The molecule has 2 heterocycles. The van der Waals surface area contributed by atoms with E-state index in [1.807, 2.05) is 23.7 Å². The first kappa shape index (κ1) is 10.6. The summed E-state index contributed by atoms with van der Waals surface area (Å²) in [5.74, 6) is 0.327. The Labute approximate surface area is 89.9 Å².